The number of piperazine rings is 2. The third-order valence-corrected chi connectivity index (χ3v) is 22.8. The summed E-state index contributed by atoms with van der Waals surface area (Å²) in [5.41, 5.74) is 5.66. The zero-order valence-electron chi connectivity index (χ0n) is 74.8. The molecular formula is C102H103ClFN9O22. The van der Waals surface area contributed by atoms with E-state index < -0.39 is 108 Å². The lowest BCUT2D eigenvalue weighted by atomic mass is 10.0. The number of nitrogens with zero attached hydrogens (tertiary/aromatic N) is 6. The predicted octanol–water partition coefficient (Wildman–Crippen LogP) is 12.5. The highest BCUT2D eigenvalue weighted by Crippen LogP contribution is 2.32. The average Bonchev–Trinajstić information content (AvgIpc) is 1.71. The Balaban J connectivity index is 0.000000177. The summed E-state index contributed by atoms with van der Waals surface area (Å²) in [4.78, 5) is 157. The zero-order chi connectivity index (χ0) is 98.0. The average molecular weight is 1860 g/mol. The highest BCUT2D eigenvalue weighted by molar-refractivity contribution is 6.31. The van der Waals surface area contributed by atoms with Crippen LogP contribution < -0.4 is 52.9 Å². The second kappa shape index (κ2) is 47.1. The number of amides is 8. The number of hydrogen-bond donors (Lipinski definition) is 13. The first-order valence-electron chi connectivity index (χ1n) is 43.1. The lowest BCUT2D eigenvalue weighted by Gasteiger charge is -2.37. The van der Waals surface area contributed by atoms with Crippen LogP contribution in [0, 0.1) is 40.4 Å². The molecule has 13 N–H and O–H groups in total. The molecule has 31 nitrogen and oxygen atoms in total. The topological polar surface area (TPSA) is 463 Å². The van der Waals surface area contributed by atoms with Gasteiger partial charge in [0.05, 0.1) is 17.8 Å². The summed E-state index contributed by atoms with van der Waals surface area (Å²) >= 11 is 5.98. The molecule has 14 rings (SSSR count). The Morgan fingerprint density at radius 3 is 1.07 bits per heavy atom. The van der Waals surface area contributed by atoms with Gasteiger partial charge in [-0.3, -0.25) is 57.6 Å². The van der Waals surface area contributed by atoms with Crippen LogP contribution in [-0.4, -0.2) is 184 Å². The number of para-hydroxylation sites is 2. The highest BCUT2D eigenvalue weighted by atomic mass is 35.5. The molecule has 0 spiro atoms. The van der Waals surface area contributed by atoms with Crippen LogP contribution in [0.1, 0.15) is 129 Å². The van der Waals surface area contributed by atoms with E-state index in [1.54, 1.807) is 42.4 Å². The molecule has 3 saturated heterocycles. The van der Waals surface area contributed by atoms with Crippen LogP contribution in [0.2, 0.25) is 5.02 Å². The zero-order valence-corrected chi connectivity index (χ0v) is 75.6. The number of aryl methyl sites for hydroxylation is 5. The lowest BCUT2D eigenvalue weighted by molar-refractivity contribution is -0.132. The summed E-state index contributed by atoms with van der Waals surface area (Å²) in [6.45, 7) is 15.3. The number of halogens is 2. The molecule has 0 radical (unpaired) electrons. The normalized spacial score (nSPS) is 12.5. The Bertz CT molecular complexity index is 6470. The second-order valence-corrected chi connectivity index (χ2v) is 32.3. The van der Waals surface area contributed by atoms with Crippen molar-refractivity contribution in [3.8, 4) is 68.6 Å². The molecule has 0 saturated carbocycles. The van der Waals surface area contributed by atoms with Gasteiger partial charge >= 0.3 is 6.03 Å². The van der Waals surface area contributed by atoms with E-state index in [1.807, 2.05) is 146 Å². The van der Waals surface area contributed by atoms with E-state index in [0.29, 0.717) is 60.5 Å². The maximum atomic E-state index is 13.9. The first kappa shape index (κ1) is 101. The van der Waals surface area contributed by atoms with Crippen LogP contribution in [0.15, 0.2) is 242 Å². The minimum absolute atomic E-state index is 0.0859. The van der Waals surface area contributed by atoms with E-state index in [9.17, 15) is 113 Å². The number of urea groups is 1. The molecule has 3 aliphatic heterocycles. The number of unbranched alkanes of at least 4 members (excludes halogenated alkanes) is 1. The van der Waals surface area contributed by atoms with Crippen LogP contribution in [0.3, 0.4) is 0 Å². The number of benzene rings is 6. The van der Waals surface area contributed by atoms with Crippen molar-refractivity contribution >= 4 is 70.1 Å². The highest BCUT2D eigenvalue weighted by Gasteiger charge is 2.32. The number of carbonyl (C=O) groups is 7. The third-order valence-electron chi connectivity index (χ3n) is 22.4. The van der Waals surface area contributed by atoms with E-state index in [4.69, 9.17) is 11.6 Å². The minimum Gasteiger partial charge on any atom is -0.504 e. The van der Waals surface area contributed by atoms with E-state index in [0.717, 1.165) is 120 Å². The van der Waals surface area contributed by atoms with E-state index >= 15 is 0 Å². The maximum Gasteiger partial charge on any atom is 0.329 e. The van der Waals surface area contributed by atoms with Gasteiger partial charge in [0.15, 0.2) is 28.7 Å². The fourth-order valence-corrected chi connectivity index (χ4v) is 14.9. The SMILES string of the molecule is CCCCNC(=O)c1cc(O)c(O)c(=O)cc1C.Cc1cc(=O)c(O)c(O)cc1C(=O)N1CCN(C(=O)Cc2c(F)cccc2Cl)CC1.Cc1cc(=O)c(O)c(O)cc1C(=O)N1CCN(C(=O)N(c2ccccc2)c2ccccc2)CC1.Cc1cc(=O)c(O)c(O)cc1C(=O)NCc1ccc(-c2ccccc2)cc1.Cc1cc(=O)c(O)c(O)cc1C(=O)NCc1ccc(N2CCCC2)cc1. The van der Waals surface area contributed by atoms with E-state index in [1.165, 1.54) is 53.5 Å². The van der Waals surface area contributed by atoms with Gasteiger partial charge in [0.1, 0.15) is 5.82 Å². The largest absolute Gasteiger partial charge is 0.504 e. The summed E-state index contributed by atoms with van der Waals surface area (Å²) in [6, 6.07) is 59.7. The number of hydrogen-bond acceptors (Lipinski definition) is 23. The molecule has 3 fully saturated rings. The summed E-state index contributed by atoms with van der Waals surface area (Å²) in [7, 11) is 0. The molecule has 11 aromatic rings. The van der Waals surface area contributed by atoms with Gasteiger partial charge in [-0.05, 0) is 213 Å². The van der Waals surface area contributed by atoms with Crippen LogP contribution in [-0.2, 0) is 24.3 Å². The third kappa shape index (κ3) is 26.6. The first-order chi connectivity index (χ1) is 64.4. The first-order valence-corrected chi connectivity index (χ1v) is 43.5. The van der Waals surface area contributed by atoms with E-state index in [2.05, 4.69) is 20.9 Å². The van der Waals surface area contributed by atoms with Crippen molar-refractivity contribution in [2.45, 2.75) is 86.7 Å². The quantitative estimate of drug-likeness (QED) is 0.0355. The molecule has 33 heteroatoms. The van der Waals surface area contributed by atoms with Gasteiger partial charge in [-0.25, -0.2) is 9.18 Å². The smallest absolute Gasteiger partial charge is 0.329 e. The fourth-order valence-electron chi connectivity index (χ4n) is 14.6. The molecule has 0 bridgehead atoms. The summed E-state index contributed by atoms with van der Waals surface area (Å²) < 4.78 is 13.9. The number of aromatic hydroxyl groups is 10. The molecule has 3 aliphatic rings. The Morgan fingerprint density at radius 1 is 0.370 bits per heavy atom. The molecule has 702 valence electrons. The van der Waals surface area contributed by atoms with Crippen molar-refractivity contribution < 1.29 is 89.0 Å². The van der Waals surface area contributed by atoms with Gasteiger partial charge < -0.3 is 91.5 Å². The Morgan fingerprint density at radius 2 is 0.696 bits per heavy atom. The number of nitrogens with one attached hydrogen (secondary N) is 3. The molecule has 11 aromatic carbocycles. The van der Waals surface area contributed by atoms with Crippen molar-refractivity contribution in [2.24, 2.45) is 0 Å². The Hall–Kier alpha value is -16.1. The minimum atomic E-state index is -0.820. The summed E-state index contributed by atoms with van der Waals surface area (Å²) in [5, 5.41) is 105. The second-order valence-electron chi connectivity index (χ2n) is 31.9. The molecule has 135 heavy (non-hydrogen) atoms. The van der Waals surface area contributed by atoms with Gasteiger partial charge in [-0.1, -0.05) is 134 Å². The molecular weight excluding hydrogens is 1760 g/mol. The number of carbonyl (C=O) groups excluding carboxylic acids is 7. The lowest BCUT2D eigenvalue weighted by Crippen LogP contribution is -2.53. The number of rotatable bonds is 18. The number of anilines is 3. The molecule has 0 unspecified atom stereocenters. The summed E-state index contributed by atoms with van der Waals surface area (Å²) in [5.74, 6) is -9.89. The van der Waals surface area contributed by atoms with Crippen LogP contribution in [0.4, 0.5) is 26.2 Å². The van der Waals surface area contributed by atoms with Gasteiger partial charge in [-0.2, -0.15) is 0 Å². The van der Waals surface area contributed by atoms with Gasteiger partial charge in [0.25, 0.3) is 29.5 Å². The van der Waals surface area contributed by atoms with Gasteiger partial charge in [0.2, 0.25) is 61.8 Å². The van der Waals surface area contributed by atoms with Crippen molar-refractivity contribution in [3.63, 3.8) is 0 Å². The Labute approximate surface area is 780 Å². The molecule has 0 aromatic heterocycles. The van der Waals surface area contributed by atoms with Gasteiger partial charge in [-0.15, -0.1) is 0 Å². The van der Waals surface area contributed by atoms with E-state index in [-0.39, 0.29) is 108 Å². The van der Waals surface area contributed by atoms with Crippen LogP contribution in [0.5, 0.6) is 57.5 Å². The standard InChI is InChI=1S/C26H25N3O5.C22H19NO4.C21H20ClFN2O5.C20H22N2O4.C13H17NO4/c1-18-16-22(30)24(32)23(31)17-21(18)25(33)27-12-14-28(15-13-27)26(34)29(19-8-4-2-5-9-19)20-10-6-3-7-11-20;1-14-11-19(24)21(26)20(25)12-18(14)22(27)23-13-15-7-9-17(10-8-15)16-5-3-2-4-6-16;1-12-9-17(26)20(29)18(27)10-13(12)21(30)25-7-5-24(6-8-25)19(28)11-14-15(22)3-2-4-16(14)23;1-13-10-17(23)19(25)18(24)11-16(13)20(26)21-12-14-4-6-15(7-5-14)22-8-2-3-9-22;1-3-4-5-14-13(18)9-7-11(16)12(17)10(15)6-8(9)2/h2-11,16-17H,12-15H2,1H3,(H2,30,31,32);2-12H,13H2,1H3,(H,23,27)(H2,24,25,26);2-4,9-10H,5-8,11H2,1H3,(H2,26,27,29);4-7,10-11H,2-3,8-9,12H2,1H3,(H,21,26)(H2,23,24,25);6-7H,3-5H2,1-2H3,(H,14,18)(H2,15,16,17). The van der Waals surface area contributed by atoms with Gasteiger partial charge in [0, 0.05) is 129 Å². The monoisotopic (exact) mass is 1860 g/mol. The van der Waals surface area contributed by atoms with Crippen molar-refractivity contribution in [3.05, 3.63) is 353 Å². The summed E-state index contributed by atoms with van der Waals surface area (Å²) in [6.07, 6.45) is 4.08. The molecule has 0 atom stereocenters. The predicted molar refractivity (Wildman–Crippen MR) is 509 cm³/mol. The van der Waals surface area contributed by atoms with Crippen LogP contribution in [0.25, 0.3) is 11.1 Å². The maximum absolute atomic E-state index is 13.9. The van der Waals surface area contributed by atoms with Crippen LogP contribution >= 0.6 is 11.6 Å². The molecule has 0 aliphatic carbocycles. The molecule has 3 heterocycles. The fraction of sp³-hybridized carbons (Fsp3) is 0.235. The molecule has 8 amide bonds. The van der Waals surface area contributed by atoms with Crippen molar-refractivity contribution in [1.29, 1.82) is 0 Å². The Kier molecular flexibility index (Phi) is 35.3. The van der Waals surface area contributed by atoms with Crippen molar-refractivity contribution in [2.75, 3.05) is 81.8 Å². The van der Waals surface area contributed by atoms with Crippen molar-refractivity contribution in [1.82, 2.24) is 35.6 Å².